The predicted molar refractivity (Wildman–Crippen MR) is 125 cm³/mol. The number of benzene rings is 3. The van der Waals surface area contributed by atoms with Crippen LogP contribution in [0.4, 0.5) is 0 Å². The van der Waals surface area contributed by atoms with Crippen LogP contribution in [0.1, 0.15) is 16.7 Å². The van der Waals surface area contributed by atoms with Crippen molar-refractivity contribution in [3.63, 3.8) is 0 Å². The van der Waals surface area contributed by atoms with Crippen LogP contribution in [0.15, 0.2) is 95.0 Å². The number of hydrogen-bond acceptors (Lipinski definition) is 6. The molecule has 2 heterocycles. The number of carbonyl (C=O) groups excluding carboxylic acids is 1. The minimum Gasteiger partial charge on any atom is -0.508 e. The molecule has 164 valence electrons. The van der Waals surface area contributed by atoms with Gasteiger partial charge in [0.1, 0.15) is 11.5 Å². The number of aromatic hydroxyl groups is 2. The van der Waals surface area contributed by atoms with Crippen molar-refractivity contribution in [3.8, 4) is 11.5 Å². The maximum absolute atomic E-state index is 13.3. The number of phenols is 2. The molecule has 3 aromatic carbocycles. The molecular formula is C26H21N3O4. The normalized spacial score (nSPS) is 19.6. The van der Waals surface area contributed by atoms with Crippen molar-refractivity contribution in [1.82, 2.24) is 4.90 Å². The molecule has 1 atom stereocenters. The van der Waals surface area contributed by atoms with E-state index in [4.69, 9.17) is 4.99 Å². The van der Waals surface area contributed by atoms with Gasteiger partial charge in [-0.1, -0.05) is 42.5 Å². The van der Waals surface area contributed by atoms with Crippen molar-refractivity contribution in [2.24, 2.45) is 9.98 Å². The lowest BCUT2D eigenvalue weighted by Gasteiger charge is -2.23. The zero-order valence-electron chi connectivity index (χ0n) is 17.6. The van der Waals surface area contributed by atoms with Crippen molar-refractivity contribution in [2.45, 2.75) is 18.6 Å². The molecule has 3 N–H and O–H groups in total. The third-order valence-electron chi connectivity index (χ3n) is 5.61. The summed E-state index contributed by atoms with van der Waals surface area (Å²) in [6, 6.07) is 22.6. The fourth-order valence-corrected chi connectivity index (χ4v) is 3.93. The zero-order valence-corrected chi connectivity index (χ0v) is 17.6. The Hall–Kier alpha value is -4.23. The van der Waals surface area contributed by atoms with Gasteiger partial charge in [0.15, 0.2) is 5.84 Å². The van der Waals surface area contributed by atoms with Crippen LogP contribution in [0.2, 0.25) is 0 Å². The maximum atomic E-state index is 13.3. The molecule has 0 saturated carbocycles. The van der Waals surface area contributed by atoms with Crippen LogP contribution in [0, 0.1) is 0 Å². The number of aliphatic imine (C=N–C) groups is 2. The number of aliphatic hydroxyl groups is 1. The Bertz CT molecular complexity index is 1300. The van der Waals surface area contributed by atoms with Crippen LogP contribution in [0.5, 0.6) is 11.5 Å². The van der Waals surface area contributed by atoms with E-state index in [0.717, 1.165) is 11.1 Å². The second kappa shape index (κ2) is 8.03. The number of phenolic OH excluding ortho intramolecular Hbond substituents is 2. The van der Waals surface area contributed by atoms with Crippen molar-refractivity contribution in [2.75, 3.05) is 0 Å². The van der Waals surface area contributed by atoms with Crippen LogP contribution < -0.4 is 0 Å². The van der Waals surface area contributed by atoms with E-state index >= 15 is 0 Å². The number of amidine groups is 1. The van der Waals surface area contributed by atoms with E-state index in [-0.39, 0.29) is 17.9 Å². The first-order valence-electron chi connectivity index (χ1n) is 10.5. The molecule has 0 saturated heterocycles. The molecule has 3 aromatic rings. The molecule has 1 amide bonds. The summed E-state index contributed by atoms with van der Waals surface area (Å²) in [5.41, 5.74) is 1.48. The molecule has 2 aliphatic heterocycles. The van der Waals surface area contributed by atoms with E-state index in [1.165, 1.54) is 17.0 Å². The second-order valence-electron chi connectivity index (χ2n) is 8.05. The number of hydrogen-bond donors (Lipinski definition) is 3. The molecule has 7 heteroatoms. The van der Waals surface area contributed by atoms with E-state index in [1.54, 1.807) is 42.6 Å². The number of carbonyl (C=O) groups is 1. The highest BCUT2D eigenvalue weighted by atomic mass is 16.3. The van der Waals surface area contributed by atoms with E-state index in [0.29, 0.717) is 29.2 Å². The summed E-state index contributed by atoms with van der Waals surface area (Å²) in [5, 5.41) is 30.4. The molecular weight excluding hydrogens is 418 g/mol. The van der Waals surface area contributed by atoms with Gasteiger partial charge < -0.3 is 15.3 Å². The molecule has 0 aliphatic carbocycles. The molecule has 2 aliphatic rings. The van der Waals surface area contributed by atoms with Gasteiger partial charge in [0.25, 0.3) is 5.91 Å². The van der Waals surface area contributed by atoms with E-state index in [9.17, 15) is 20.1 Å². The Labute approximate surface area is 190 Å². The van der Waals surface area contributed by atoms with Crippen molar-refractivity contribution >= 4 is 23.2 Å². The number of amides is 1. The zero-order chi connectivity index (χ0) is 23.0. The van der Waals surface area contributed by atoms with Crippen LogP contribution in [-0.2, 0) is 17.6 Å². The van der Waals surface area contributed by atoms with Gasteiger partial charge >= 0.3 is 0 Å². The van der Waals surface area contributed by atoms with Gasteiger partial charge in [-0.2, -0.15) is 0 Å². The Morgan fingerprint density at radius 3 is 2.12 bits per heavy atom. The average molecular weight is 439 g/mol. The first-order chi connectivity index (χ1) is 15.9. The van der Waals surface area contributed by atoms with E-state index < -0.39 is 11.6 Å². The summed E-state index contributed by atoms with van der Waals surface area (Å²) in [7, 11) is 0. The lowest BCUT2D eigenvalue weighted by molar-refractivity contribution is -0.141. The van der Waals surface area contributed by atoms with E-state index in [2.05, 4.69) is 4.99 Å². The van der Waals surface area contributed by atoms with Gasteiger partial charge in [-0.05, 0) is 47.5 Å². The topological polar surface area (TPSA) is 106 Å². The van der Waals surface area contributed by atoms with Crippen LogP contribution in [0.25, 0.3) is 5.70 Å². The minimum absolute atomic E-state index is 0.0346. The predicted octanol–water partition coefficient (Wildman–Crippen LogP) is 3.27. The highest BCUT2D eigenvalue weighted by Gasteiger charge is 2.48. The molecule has 0 unspecified atom stereocenters. The van der Waals surface area contributed by atoms with Gasteiger partial charge in [0, 0.05) is 24.6 Å². The fraction of sp³-hybridized carbons (Fsp3) is 0.115. The van der Waals surface area contributed by atoms with Crippen LogP contribution in [-0.4, -0.2) is 43.4 Å². The summed E-state index contributed by atoms with van der Waals surface area (Å²) in [6.45, 7) is 0. The number of fused-ring (bicyclic) bond motifs is 1. The Balaban J connectivity index is 1.55. The standard InChI is InChI=1S/C26H21N3O4/c30-20-10-6-18(7-11-20)15-26(33)25(32)29-16-23(19-8-12-21(31)13-9-19)27-22(24(29)28-26)14-17-4-2-1-3-5-17/h1-13,16,30-31,33H,14-15H2/t26-/m1/s1. The highest BCUT2D eigenvalue weighted by molar-refractivity contribution is 6.47. The molecule has 0 fully saturated rings. The quantitative estimate of drug-likeness (QED) is 0.567. The molecule has 5 rings (SSSR count). The maximum Gasteiger partial charge on any atom is 0.287 e. The van der Waals surface area contributed by atoms with Crippen LogP contribution in [0.3, 0.4) is 0 Å². The summed E-state index contributed by atoms with van der Waals surface area (Å²) in [4.78, 5) is 23.9. The average Bonchev–Trinajstić information content (AvgIpc) is 3.07. The molecule has 0 spiro atoms. The van der Waals surface area contributed by atoms with Gasteiger partial charge in [-0.25, -0.2) is 9.98 Å². The Morgan fingerprint density at radius 1 is 0.818 bits per heavy atom. The largest absolute Gasteiger partial charge is 0.508 e. The van der Waals surface area contributed by atoms with Gasteiger partial charge in [-0.15, -0.1) is 0 Å². The summed E-state index contributed by atoms with van der Waals surface area (Å²) in [6.07, 6.45) is 1.96. The second-order valence-corrected chi connectivity index (χ2v) is 8.05. The summed E-state index contributed by atoms with van der Waals surface area (Å²) < 4.78 is 0. The van der Waals surface area contributed by atoms with Gasteiger partial charge in [0.05, 0.1) is 11.4 Å². The molecule has 33 heavy (non-hydrogen) atoms. The SMILES string of the molecule is O=C1N2C=C(c3ccc(O)cc3)N=C(Cc3ccccc3)C2=N[C@@]1(O)Cc1ccc(O)cc1. The van der Waals surface area contributed by atoms with Crippen molar-refractivity contribution < 1.29 is 20.1 Å². The third-order valence-corrected chi connectivity index (χ3v) is 5.61. The fourth-order valence-electron chi connectivity index (χ4n) is 3.93. The number of rotatable bonds is 5. The van der Waals surface area contributed by atoms with Crippen LogP contribution >= 0.6 is 0 Å². The minimum atomic E-state index is -1.98. The van der Waals surface area contributed by atoms with Gasteiger partial charge in [0.2, 0.25) is 5.72 Å². The molecule has 7 nitrogen and oxygen atoms in total. The highest BCUT2D eigenvalue weighted by Crippen LogP contribution is 2.32. The summed E-state index contributed by atoms with van der Waals surface area (Å²) >= 11 is 0. The lowest BCUT2D eigenvalue weighted by Crippen LogP contribution is -2.43. The van der Waals surface area contributed by atoms with E-state index in [1.807, 2.05) is 30.3 Å². The Kier molecular flexibility index (Phi) is 5.03. The smallest absolute Gasteiger partial charge is 0.287 e. The monoisotopic (exact) mass is 439 g/mol. The molecule has 0 aromatic heterocycles. The van der Waals surface area contributed by atoms with Crippen molar-refractivity contribution in [1.29, 1.82) is 0 Å². The number of nitrogens with zero attached hydrogens (tertiary/aromatic N) is 3. The van der Waals surface area contributed by atoms with Gasteiger partial charge in [-0.3, -0.25) is 9.69 Å². The first kappa shape index (κ1) is 20.7. The Morgan fingerprint density at radius 2 is 1.45 bits per heavy atom. The molecule has 0 radical (unpaired) electrons. The lowest BCUT2D eigenvalue weighted by atomic mass is 10.0. The third kappa shape index (κ3) is 4.02. The first-order valence-corrected chi connectivity index (χ1v) is 10.5. The summed E-state index contributed by atoms with van der Waals surface area (Å²) in [5.74, 6) is -0.0210. The van der Waals surface area contributed by atoms with Crippen molar-refractivity contribution in [3.05, 3.63) is 102 Å². The molecule has 0 bridgehead atoms.